The molecule has 0 saturated heterocycles. The summed E-state index contributed by atoms with van der Waals surface area (Å²) in [5.74, 6) is -0.791. The van der Waals surface area contributed by atoms with Crippen molar-refractivity contribution in [2.75, 3.05) is 0 Å². The Morgan fingerprint density at radius 3 is 2.80 bits per heavy atom. The highest BCUT2D eigenvalue weighted by atomic mass is 79.9. The Morgan fingerprint density at radius 2 is 2.25 bits per heavy atom. The molecule has 1 heterocycles. The number of rotatable bonds is 5. The van der Waals surface area contributed by atoms with Gasteiger partial charge in [-0.1, -0.05) is 22.9 Å². The van der Waals surface area contributed by atoms with Gasteiger partial charge < -0.3 is 0 Å². The standard InChI is InChI=1S/C12H12BrFN2O2S2/c1-2-10(12-15-5-6-19-12)16-20(17,18)11-4-3-8(13)7-9(11)14/h3-7,10,16H,2H2,1H3. The van der Waals surface area contributed by atoms with Crippen LogP contribution in [0, 0.1) is 5.82 Å². The maximum Gasteiger partial charge on any atom is 0.244 e. The van der Waals surface area contributed by atoms with E-state index < -0.39 is 21.9 Å². The SMILES string of the molecule is CCC(NS(=O)(=O)c1ccc(Br)cc1F)c1nccs1. The van der Waals surface area contributed by atoms with Crippen LogP contribution in [0.2, 0.25) is 0 Å². The van der Waals surface area contributed by atoms with Crippen molar-refractivity contribution in [3.05, 3.63) is 45.1 Å². The van der Waals surface area contributed by atoms with Crippen LogP contribution in [0.4, 0.5) is 4.39 Å². The van der Waals surface area contributed by atoms with Crippen molar-refractivity contribution < 1.29 is 12.8 Å². The molecule has 0 amide bonds. The van der Waals surface area contributed by atoms with Gasteiger partial charge in [-0.05, 0) is 24.6 Å². The van der Waals surface area contributed by atoms with Crippen LogP contribution in [-0.2, 0) is 10.0 Å². The van der Waals surface area contributed by atoms with Gasteiger partial charge in [-0.25, -0.2) is 22.5 Å². The van der Waals surface area contributed by atoms with Gasteiger partial charge in [-0.3, -0.25) is 0 Å². The van der Waals surface area contributed by atoms with Gasteiger partial charge in [-0.2, -0.15) is 0 Å². The molecule has 20 heavy (non-hydrogen) atoms. The van der Waals surface area contributed by atoms with Crippen molar-refractivity contribution in [1.29, 1.82) is 0 Å². The lowest BCUT2D eigenvalue weighted by atomic mass is 10.3. The second kappa shape index (κ2) is 6.30. The lowest BCUT2D eigenvalue weighted by molar-refractivity contribution is 0.534. The molecule has 4 nitrogen and oxygen atoms in total. The molecule has 1 aromatic carbocycles. The molecule has 8 heteroatoms. The molecule has 1 atom stereocenters. The Hall–Kier alpha value is -0.830. The van der Waals surface area contributed by atoms with Crippen LogP contribution >= 0.6 is 27.3 Å². The van der Waals surface area contributed by atoms with Gasteiger partial charge in [0.25, 0.3) is 0 Å². The van der Waals surface area contributed by atoms with E-state index in [4.69, 9.17) is 0 Å². The Bertz CT molecular complexity index is 689. The molecule has 2 aromatic rings. The van der Waals surface area contributed by atoms with Crippen molar-refractivity contribution in [2.24, 2.45) is 0 Å². The summed E-state index contributed by atoms with van der Waals surface area (Å²) >= 11 is 4.45. The lowest BCUT2D eigenvalue weighted by Gasteiger charge is -2.15. The minimum atomic E-state index is -3.92. The van der Waals surface area contributed by atoms with Gasteiger partial charge in [0.05, 0.1) is 6.04 Å². The van der Waals surface area contributed by atoms with Gasteiger partial charge >= 0.3 is 0 Å². The van der Waals surface area contributed by atoms with Crippen LogP contribution in [0.3, 0.4) is 0 Å². The summed E-state index contributed by atoms with van der Waals surface area (Å²) in [4.78, 5) is 3.73. The summed E-state index contributed by atoms with van der Waals surface area (Å²) in [7, 11) is -3.92. The van der Waals surface area contributed by atoms with Crippen molar-refractivity contribution in [3.8, 4) is 0 Å². The maximum atomic E-state index is 13.8. The normalized spacial score (nSPS) is 13.3. The second-order valence-corrected chi connectivity index (χ2v) is 7.55. The fourth-order valence-corrected chi connectivity index (χ4v) is 4.18. The monoisotopic (exact) mass is 378 g/mol. The van der Waals surface area contributed by atoms with Crippen LogP contribution in [0.1, 0.15) is 24.4 Å². The van der Waals surface area contributed by atoms with Gasteiger partial charge in [-0.15, -0.1) is 11.3 Å². The zero-order valence-electron chi connectivity index (χ0n) is 10.5. The second-order valence-electron chi connectivity index (χ2n) is 4.03. The van der Waals surface area contributed by atoms with Crippen LogP contribution in [-0.4, -0.2) is 13.4 Å². The number of nitrogens with one attached hydrogen (secondary N) is 1. The Labute approximate surface area is 129 Å². The molecule has 108 valence electrons. The first-order chi connectivity index (χ1) is 9.44. The third-order valence-electron chi connectivity index (χ3n) is 2.64. The van der Waals surface area contributed by atoms with Crippen LogP contribution in [0.15, 0.2) is 39.1 Å². The highest BCUT2D eigenvalue weighted by Gasteiger charge is 2.24. The minimum Gasteiger partial charge on any atom is -0.248 e. The van der Waals surface area contributed by atoms with Crippen LogP contribution in [0.25, 0.3) is 0 Å². The molecule has 0 bridgehead atoms. The number of halogens is 2. The topological polar surface area (TPSA) is 59.1 Å². The predicted molar refractivity (Wildman–Crippen MR) is 79.6 cm³/mol. The quantitative estimate of drug-likeness (QED) is 0.866. The molecule has 0 spiro atoms. The zero-order valence-corrected chi connectivity index (χ0v) is 13.7. The van der Waals surface area contributed by atoms with E-state index in [9.17, 15) is 12.8 Å². The summed E-state index contributed by atoms with van der Waals surface area (Å²) in [5.41, 5.74) is 0. The predicted octanol–water partition coefficient (Wildman–Crippen LogP) is 3.47. The van der Waals surface area contributed by atoms with Crippen molar-refractivity contribution >= 4 is 37.3 Å². The molecule has 0 fully saturated rings. The Balaban J connectivity index is 2.31. The lowest BCUT2D eigenvalue weighted by Crippen LogP contribution is -2.29. The summed E-state index contributed by atoms with van der Waals surface area (Å²) in [6.07, 6.45) is 2.14. The summed E-state index contributed by atoms with van der Waals surface area (Å²) in [5, 5.41) is 2.43. The summed E-state index contributed by atoms with van der Waals surface area (Å²) in [6.45, 7) is 1.84. The molecule has 2 rings (SSSR count). The third kappa shape index (κ3) is 3.43. The molecule has 0 radical (unpaired) electrons. The molecule has 1 aromatic heterocycles. The van der Waals surface area contributed by atoms with E-state index in [1.807, 2.05) is 6.92 Å². The highest BCUT2D eigenvalue weighted by molar-refractivity contribution is 9.10. The van der Waals surface area contributed by atoms with Gasteiger partial charge in [0.15, 0.2) is 0 Å². The Morgan fingerprint density at radius 1 is 1.50 bits per heavy atom. The van der Waals surface area contributed by atoms with E-state index in [2.05, 4.69) is 25.6 Å². The fourth-order valence-electron chi connectivity index (χ4n) is 1.66. The molecule has 0 saturated carbocycles. The van der Waals surface area contributed by atoms with E-state index in [0.717, 1.165) is 6.07 Å². The summed E-state index contributed by atoms with van der Waals surface area (Å²) in [6, 6.07) is 3.39. The third-order valence-corrected chi connectivity index (χ3v) is 5.53. The fraction of sp³-hybridized carbons (Fsp3) is 0.250. The molecule has 1 unspecified atom stereocenters. The zero-order chi connectivity index (χ0) is 14.8. The average molecular weight is 379 g/mol. The number of hydrogen-bond acceptors (Lipinski definition) is 4. The number of thiazole rings is 1. The molecule has 0 aliphatic rings. The van der Waals surface area contributed by atoms with Crippen LogP contribution < -0.4 is 4.72 Å². The van der Waals surface area contributed by atoms with E-state index in [1.165, 1.54) is 23.5 Å². The molecular formula is C12H12BrFN2O2S2. The molecular weight excluding hydrogens is 367 g/mol. The molecule has 1 N–H and O–H groups in total. The van der Waals surface area contributed by atoms with Gasteiger partial charge in [0.1, 0.15) is 15.7 Å². The number of sulfonamides is 1. The van der Waals surface area contributed by atoms with E-state index in [-0.39, 0.29) is 4.90 Å². The summed E-state index contributed by atoms with van der Waals surface area (Å²) < 4.78 is 41.2. The number of benzene rings is 1. The first-order valence-electron chi connectivity index (χ1n) is 5.81. The largest absolute Gasteiger partial charge is 0.248 e. The average Bonchev–Trinajstić information content (AvgIpc) is 2.89. The van der Waals surface area contributed by atoms with E-state index in [1.54, 1.807) is 11.6 Å². The highest BCUT2D eigenvalue weighted by Crippen LogP contribution is 2.24. The first kappa shape index (κ1) is 15.6. The Kier molecular flexibility index (Phi) is 4.90. The van der Waals surface area contributed by atoms with E-state index in [0.29, 0.717) is 15.9 Å². The van der Waals surface area contributed by atoms with Crippen molar-refractivity contribution in [3.63, 3.8) is 0 Å². The maximum absolute atomic E-state index is 13.8. The van der Waals surface area contributed by atoms with E-state index >= 15 is 0 Å². The van der Waals surface area contributed by atoms with Gasteiger partial charge in [0.2, 0.25) is 10.0 Å². The molecule has 0 aliphatic carbocycles. The smallest absolute Gasteiger partial charge is 0.244 e. The van der Waals surface area contributed by atoms with Gasteiger partial charge in [0, 0.05) is 16.0 Å². The minimum absolute atomic E-state index is 0.365. The van der Waals surface area contributed by atoms with Crippen molar-refractivity contribution in [1.82, 2.24) is 9.71 Å². The van der Waals surface area contributed by atoms with Crippen molar-refractivity contribution in [2.45, 2.75) is 24.3 Å². The molecule has 0 aliphatic heterocycles. The number of nitrogens with zero attached hydrogens (tertiary/aromatic N) is 1. The number of aromatic nitrogens is 1. The van der Waals surface area contributed by atoms with Crippen LogP contribution in [0.5, 0.6) is 0 Å². The first-order valence-corrected chi connectivity index (χ1v) is 8.96. The number of hydrogen-bond donors (Lipinski definition) is 1.